The average Bonchev–Trinajstić information content (AvgIpc) is 3.31. The molecule has 0 saturated heterocycles. The Hall–Kier alpha value is -3.03. The number of rotatable bonds is 11. The number of alkyl halides is 1. The van der Waals surface area contributed by atoms with Crippen molar-refractivity contribution < 1.29 is 18.7 Å². The number of benzene rings is 2. The highest BCUT2D eigenvalue weighted by Gasteiger charge is 2.39. The summed E-state index contributed by atoms with van der Waals surface area (Å²) in [5.74, 6) is 0.256. The average molecular weight is 482 g/mol. The summed E-state index contributed by atoms with van der Waals surface area (Å²) < 4.78 is 24.5. The third kappa shape index (κ3) is 7.23. The Morgan fingerprint density at radius 3 is 2.40 bits per heavy atom. The lowest BCUT2D eigenvalue weighted by atomic mass is 9.85. The van der Waals surface area contributed by atoms with Gasteiger partial charge in [-0.15, -0.1) is 0 Å². The predicted octanol–water partition coefficient (Wildman–Crippen LogP) is 5.55. The fourth-order valence-corrected chi connectivity index (χ4v) is 3.71. The number of carbonyl (C=O) groups is 1. The standard InChI is InChI=1S/C28H36FN3O3/c1-20-11-13-22(14-12-20)23-17-30-25(31-23)24(27(2,3)4)32-26(33)28(5,35-16-15-29)19-34-18-21-9-7-6-8-10-21/h6-14,17,24H,15-16,18-19H2,1-5H3,(H,30,31)(H,32,33)/t24-,28?/m1/s1. The summed E-state index contributed by atoms with van der Waals surface area (Å²) in [5, 5.41) is 3.09. The molecule has 2 N–H and O–H groups in total. The monoisotopic (exact) mass is 481 g/mol. The van der Waals surface area contributed by atoms with Crippen molar-refractivity contribution in [2.24, 2.45) is 5.41 Å². The summed E-state index contributed by atoms with van der Waals surface area (Å²) in [6.45, 7) is 9.16. The van der Waals surface area contributed by atoms with E-state index in [4.69, 9.17) is 14.5 Å². The van der Waals surface area contributed by atoms with Gasteiger partial charge in [0.1, 0.15) is 12.5 Å². The van der Waals surface area contributed by atoms with E-state index in [1.807, 2.05) is 88.5 Å². The molecule has 7 heteroatoms. The summed E-state index contributed by atoms with van der Waals surface area (Å²) >= 11 is 0. The van der Waals surface area contributed by atoms with Gasteiger partial charge in [-0.2, -0.15) is 0 Å². The summed E-state index contributed by atoms with van der Waals surface area (Å²) in [5.41, 5.74) is 2.22. The normalized spacial score (nSPS) is 14.3. The minimum Gasteiger partial charge on any atom is -0.373 e. The van der Waals surface area contributed by atoms with Crippen LogP contribution in [0, 0.1) is 12.3 Å². The molecule has 0 bridgehead atoms. The lowest BCUT2D eigenvalue weighted by Crippen LogP contribution is -2.53. The second-order valence-corrected chi connectivity index (χ2v) is 10.1. The number of nitrogens with one attached hydrogen (secondary N) is 2. The maximum Gasteiger partial charge on any atom is 0.254 e. The zero-order valence-electron chi connectivity index (χ0n) is 21.2. The van der Waals surface area contributed by atoms with Crippen LogP contribution in [0.25, 0.3) is 11.3 Å². The molecular weight excluding hydrogens is 445 g/mol. The van der Waals surface area contributed by atoms with Gasteiger partial charge in [-0.05, 0) is 24.8 Å². The molecule has 6 nitrogen and oxygen atoms in total. The molecule has 0 aliphatic heterocycles. The van der Waals surface area contributed by atoms with Crippen LogP contribution in [-0.4, -0.2) is 41.4 Å². The summed E-state index contributed by atoms with van der Waals surface area (Å²) in [4.78, 5) is 21.5. The van der Waals surface area contributed by atoms with E-state index in [2.05, 4.69) is 10.3 Å². The van der Waals surface area contributed by atoms with Crippen LogP contribution in [0.4, 0.5) is 4.39 Å². The van der Waals surface area contributed by atoms with Crippen molar-refractivity contribution in [1.29, 1.82) is 0 Å². The van der Waals surface area contributed by atoms with Gasteiger partial charge in [-0.3, -0.25) is 4.79 Å². The molecule has 0 fully saturated rings. The summed E-state index contributed by atoms with van der Waals surface area (Å²) in [7, 11) is 0. The van der Waals surface area contributed by atoms with Gasteiger partial charge < -0.3 is 19.8 Å². The minimum atomic E-state index is -1.36. The number of halogens is 1. The number of carbonyl (C=O) groups excluding carboxylic acids is 1. The van der Waals surface area contributed by atoms with Gasteiger partial charge in [0.15, 0.2) is 5.60 Å². The molecule has 1 heterocycles. The molecule has 0 aliphatic carbocycles. The fraction of sp³-hybridized carbons (Fsp3) is 0.429. The first-order valence-corrected chi connectivity index (χ1v) is 11.9. The zero-order valence-corrected chi connectivity index (χ0v) is 21.2. The van der Waals surface area contributed by atoms with Crippen LogP contribution in [0.1, 0.15) is 50.7 Å². The van der Waals surface area contributed by atoms with Crippen molar-refractivity contribution >= 4 is 5.91 Å². The van der Waals surface area contributed by atoms with Crippen molar-refractivity contribution in [3.63, 3.8) is 0 Å². The SMILES string of the molecule is Cc1ccc(-c2c[nH]c([C@@H](NC(=O)C(C)(COCc3ccccc3)OCCF)C(C)(C)C)n2)cc1. The third-order valence-electron chi connectivity index (χ3n) is 5.83. The van der Waals surface area contributed by atoms with E-state index >= 15 is 0 Å². The van der Waals surface area contributed by atoms with E-state index in [1.54, 1.807) is 6.92 Å². The molecule has 1 aromatic heterocycles. The van der Waals surface area contributed by atoms with Crippen LogP contribution >= 0.6 is 0 Å². The number of aryl methyl sites for hydroxylation is 1. The van der Waals surface area contributed by atoms with Crippen molar-refractivity contribution in [2.75, 3.05) is 19.9 Å². The second-order valence-electron chi connectivity index (χ2n) is 10.1. The second kappa shape index (κ2) is 11.6. The molecule has 2 aromatic carbocycles. The summed E-state index contributed by atoms with van der Waals surface area (Å²) in [6.07, 6.45) is 1.84. The highest BCUT2D eigenvalue weighted by Crippen LogP contribution is 2.33. The molecule has 35 heavy (non-hydrogen) atoms. The van der Waals surface area contributed by atoms with Gasteiger partial charge in [0.2, 0.25) is 0 Å². The molecule has 0 aliphatic rings. The largest absolute Gasteiger partial charge is 0.373 e. The number of ether oxygens (including phenoxy) is 2. The third-order valence-corrected chi connectivity index (χ3v) is 5.83. The lowest BCUT2D eigenvalue weighted by molar-refractivity contribution is -0.156. The Bertz CT molecular complexity index is 1080. The molecule has 3 aromatic rings. The molecule has 1 amide bonds. The van der Waals surface area contributed by atoms with Crippen LogP contribution in [0.2, 0.25) is 0 Å². The van der Waals surface area contributed by atoms with Crippen LogP contribution < -0.4 is 5.32 Å². The van der Waals surface area contributed by atoms with Crippen molar-refractivity contribution in [2.45, 2.75) is 52.9 Å². The quantitative estimate of drug-likeness (QED) is 0.376. The van der Waals surface area contributed by atoms with Crippen LogP contribution in [-0.2, 0) is 20.9 Å². The van der Waals surface area contributed by atoms with Crippen LogP contribution in [0.15, 0.2) is 60.8 Å². The first kappa shape index (κ1) is 26.6. The van der Waals surface area contributed by atoms with E-state index in [1.165, 1.54) is 5.56 Å². The highest BCUT2D eigenvalue weighted by atomic mass is 19.1. The molecular formula is C28H36FN3O3. The Kier molecular flexibility index (Phi) is 8.81. The molecule has 0 saturated carbocycles. The Morgan fingerprint density at radius 1 is 1.09 bits per heavy atom. The Balaban J connectivity index is 1.77. The number of hydrogen-bond acceptors (Lipinski definition) is 4. The molecule has 1 unspecified atom stereocenters. The smallest absolute Gasteiger partial charge is 0.254 e. The van der Waals surface area contributed by atoms with E-state index < -0.39 is 18.3 Å². The van der Waals surface area contributed by atoms with E-state index in [-0.39, 0.29) is 24.5 Å². The van der Waals surface area contributed by atoms with E-state index in [9.17, 15) is 9.18 Å². The molecule has 0 radical (unpaired) electrons. The van der Waals surface area contributed by atoms with Gasteiger partial charge in [0, 0.05) is 11.8 Å². The van der Waals surface area contributed by atoms with E-state index in [0.29, 0.717) is 12.4 Å². The first-order valence-electron chi connectivity index (χ1n) is 11.9. The number of imidazole rings is 1. The van der Waals surface area contributed by atoms with E-state index in [0.717, 1.165) is 16.8 Å². The number of nitrogens with zero attached hydrogens (tertiary/aromatic N) is 1. The Labute approximate surface area is 207 Å². The summed E-state index contributed by atoms with van der Waals surface area (Å²) in [6, 6.07) is 17.3. The molecule has 188 valence electrons. The number of amides is 1. The molecule has 2 atom stereocenters. The van der Waals surface area contributed by atoms with Gasteiger partial charge in [0.05, 0.1) is 31.6 Å². The highest BCUT2D eigenvalue weighted by molar-refractivity contribution is 5.85. The predicted molar refractivity (Wildman–Crippen MR) is 136 cm³/mol. The maximum atomic E-state index is 13.5. The Morgan fingerprint density at radius 2 is 1.77 bits per heavy atom. The number of aromatic amines is 1. The van der Waals surface area contributed by atoms with Crippen molar-refractivity contribution in [3.05, 3.63) is 77.7 Å². The fourth-order valence-electron chi connectivity index (χ4n) is 3.71. The molecule has 0 spiro atoms. The first-order chi connectivity index (χ1) is 16.6. The zero-order chi connectivity index (χ0) is 25.5. The number of aromatic nitrogens is 2. The van der Waals surface area contributed by atoms with Crippen molar-refractivity contribution in [3.8, 4) is 11.3 Å². The van der Waals surface area contributed by atoms with Gasteiger partial charge >= 0.3 is 0 Å². The lowest BCUT2D eigenvalue weighted by Gasteiger charge is -2.34. The van der Waals surface area contributed by atoms with Gasteiger partial charge in [0.25, 0.3) is 5.91 Å². The number of hydrogen-bond donors (Lipinski definition) is 2. The van der Waals surface area contributed by atoms with Crippen LogP contribution in [0.3, 0.4) is 0 Å². The van der Waals surface area contributed by atoms with Crippen LogP contribution in [0.5, 0.6) is 0 Å². The topological polar surface area (TPSA) is 76.2 Å². The van der Waals surface area contributed by atoms with Gasteiger partial charge in [-0.1, -0.05) is 80.9 Å². The maximum absolute atomic E-state index is 13.5. The van der Waals surface area contributed by atoms with Gasteiger partial charge in [-0.25, -0.2) is 9.37 Å². The molecule has 3 rings (SSSR count). The minimum absolute atomic E-state index is 0.0165. The number of H-pyrrole nitrogens is 1. The van der Waals surface area contributed by atoms with Crippen molar-refractivity contribution in [1.82, 2.24) is 15.3 Å².